The van der Waals surface area contributed by atoms with Gasteiger partial charge in [-0.25, -0.2) is 4.79 Å². The summed E-state index contributed by atoms with van der Waals surface area (Å²) in [6.07, 6.45) is 5.26. The number of benzene rings is 1. The highest BCUT2D eigenvalue weighted by molar-refractivity contribution is 5.98. The number of Topliss-reactive ketones (excluding diaryl/α,β-unsaturated/α-hetero) is 1. The topological polar surface area (TPSA) is 52.6 Å². The number of esters is 1. The van der Waals surface area contributed by atoms with Crippen LogP contribution < -0.4 is 9.47 Å². The maximum absolute atomic E-state index is 12.0. The number of hydrogen-bond donors (Lipinski definition) is 0. The Kier molecular flexibility index (Phi) is 7.26. The standard InChI is InChI=1S/C19H24O4/c1-13(2)7-6-8-14(3)11-19(21)23-18-12-16(22-5)9-10-17(18)15(4)20/h7,9-12H,6,8H2,1-5H3/b14-11+. The summed E-state index contributed by atoms with van der Waals surface area (Å²) in [6.45, 7) is 7.40. The van der Waals surface area contributed by atoms with Crippen molar-refractivity contribution in [1.29, 1.82) is 0 Å². The highest BCUT2D eigenvalue weighted by Gasteiger charge is 2.13. The molecule has 1 aromatic rings. The Labute approximate surface area is 137 Å². The van der Waals surface area contributed by atoms with Crippen LogP contribution in [-0.2, 0) is 4.79 Å². The van der Waals surface area contributed by atoms with Crippen molar-refractivity contribution >= 4 is 11.8 Å². The van der Waals surface area contributed by atoms with Crippen LogP contribution in [0.25, 0.3) is 0 Å². The van der Waals surface area contributed by atoms with Gasteiger partial charge in [0.2, 0.25) is 0 Å². The van der Waals surface area contributed by atoms with E-state index in [4.69, 9.17) is 9.47 Å². The second-order valence-corrected chi connectivity index (χ2v) is 5.65. The van der Waals surface area contributed by atoms with Crippen LogP contribution in [0.3, 0.4) is 0 Å². The number of ketones is 1. The van der Waals surface area contributed by atoms with Crippen molar-refractivity contribution in [3.8, 4) is 11.5 Å². The minimum Gasteiger partial charge on any atom is -0.497 e. The molecule has 0 spiro atoms. The molecule has 0 amide bonds. The maximum Gasteiger partial charge on any atom is 0.336 e. The minimum atomic E-state index is -0.490. The van der Waals surface area contributed by atoms with E-state index in [0.717, 1.165) is 18.4 Å². The highest BCUT2D eigenvalue weighted by atomic mass is 16.5. The lowest BCUT2D eigenvalue weighted by atomic mass is 10.1. The van der Waals surface area contributed by atoms with Gasteiger partial charge in [-0.15, -0.1) is 0 Å². The second kappa shape index (κ2) is 8.93. The van der Waals surface area contributed by atoms with E-state index in [1.54, 1.807) is 18.2 Å². The van der Waals surface area contributed by atoms with E-state index < -0.39 is 5.97 Å². The number of hydrogen-bond acceptors (Lipinski definition) is 4. The summed E-state index contributed by atoms with van der Waals surface area (Å²) in [5.41, 5.74) is 2.54. The van der Waals surface area contributed by atoms with Crippen molar-refractivity contribution in [2.45, 2.75) is 40.5 Å². The van der Waals surface area contributed by atoms with Gasteiger partial charge in [0.15, 0.2) is 5.78 Å². The third-order valence-electron chi connectivity index (χ3n) is 3.23. The molecule has 0 unspecified atom stereocenters. The molecule has 0 fully saturated rings. The summed E-state index contributed by atoms with van der Waals surface area (Å²) in [4.78, 5) is 23.6. The third kappa shape index (κ3) is 6.51. The van der Waals surface area contributed by atoms with Gasteiger partial charge in [0.1, 0.15) is 11.5 Å². The van der Waals surface area contributed by atoms with Crippen LogP contribution in [0.15, 0.2) is 41.5 Å². The van der Waals surface area contributed by atoms with Crippen LogP contribution in [-0.4, -0.2) is 18.9 Å². The van der Waals surface area contributed by atoms with Crippen LogP contribution >= 0.6 is 0 Å². The lowest BCUT2D eigenvalue weighted by molar-refractivity contribution is -0.129. The fraction of sp³-hybridized carbons (Fsp3) is 0.368. The summed E-state index contributed by atoms with van der Waals surface area (Å²) < 4.78 is 10.4. The first-order valence-corrected chi connectivity index (χ1v) is 7.54. The summed E-state index contributed by atoms with van der Waals surface area (Å²) >= 11 is 0. The predicted octanol–water partition coefficient (Wildman–Crippen LogP) is 4.50. The molecule has 0 N–H and O–H groups in total. The monoisotopic (exact) mass is 316 g/mol. The molecule has 0 aromatic heterocycles. The van der Waals surface area contributed by atoms with Crippen LogP contribution in [0.5, 0.6) is 11.5 Å². The average Bonchev–Trinajstić information content (AvgIpc) is 2.46. The molecule has 0 radical (unpaired) electrons. The molecule has 4 nitrogen and oxygen atoms in total. The fourth-order valence-corrected chi connectivity index (χ4v) is 2.00. The fourth-order valence-electron chi connectivity index (χ4n) is 2.00. The quantitative estimate of drug-likeness (QED) is 0.244. The largest absolute Gasteiger partial charge is 0.497 e. The zero-order valence-corrected chi connectivity index (χ0v) is 14.4. The molecule has 1 aromatic carbocycles. The first-order chi connectivity index (χ1) is 10.8. The van der Waals surface area contributed by atoms with E-state index >= 15 is 0 Å². The maximum atomic E-state index is 12.0. The predicted molar refractivity (Wildman–Crippen MR) is 91.1 cm³/mol. The van der Waals surface area contributed by atoms with Crippen molar-refractivity contribution in [3.05, 3.63) is 47.1 Å². The molecule has 0 heterocycles. The van der Waals surface area contributed by atoms with E-state index in [1.165, 1.54) is 25.7 Å². The van der Waals surface area contributed by atoms with Gasteiger partial charge in [-0.1, -0.05) is 17.2 Å². The summed E-state index contributed by atoms with van der Waals surface area (Å²) in [6, 6.07) is 4.80. The molecule has 0 atom stereocenters. The van der Waals surface area contributed by atoms with Crippen LogP contribution in [0.1, 0.15) is 50.9 Å². The minimum absolute atomic E-state index is 0.167. The number of allylic oxidation sites excluding steroid dienone is 3. The van der Waals surface area contributed by atoms with E-state index in [0.29, 0.717) is 11.3 Å². The van der Waals surface area contributed by atoms with Gasteiger partial charge in [0, 0.05) is 12.1 Å². The van der Waals surface area contributed by atoms with Gasteiger partial charge >= 0.3 is 5.97 Å². The highest BCUT2D eigenvalue weighted by Crippen LogP contribution is 2.25. The van der Waals surface area contributed by atoms with Gasteiger partial charge < -0.3 is 9.47 Å². The molecule has 1 rings (SSSR count). The molecule has 23 heavy (non-hydrogen) atoms. The summed E-state index contributed by atoms with van der Waals surface area (Å²) in [7, 11) is 1.52. The summed E-state index contributed by atoms with van der Waals surface area (Å²) in [5.74, 6) is 0.0902. The Bertz CT molecular complexity index is 635. The number of carbonyl (C=O) groups is 2. The zero-order chi connectivity index (χ0) is 17.4. The van der Waals surface area contributed by atoms with E-state index in [2.05, 4.69) is 6.08 Å². The Morgan fingerprint density at radius 2 is 1.83 bits per heavy atom. The van der Waals surface area contributed by atoms with Crippen molar-refractivity contribution < 1.29 is 19.1 Å². The third-order valence-corrected chi connectivity index (χ3v) is 3.23. The Balaban J connectivity index is 2.83. The average molecular weight is 316 g/mol. The first kappa shape index (κ1) is 18.7. The lowest BCUT2D eigenvalue weighted by Gasteiger charge is -2.09. The van der Waals surface area contributed by atoms with Crippen molar-refractivity contribution in [2.24, 2.45) is 0 Å². The Morgan fingerprint density at radius 3 is 2.39 bits per heavy atom. The number of methoxy groups -OCH3 is 1. The van der Waals surface area contributed by atoms with Crippen molar-refractivity contribution in [1.82, 2.24) is 0 Å². The summed E-state index contributed by atoms with van der Waals surface area (Å²) in [5, 5.41) is 0. The zero-order valence-electron chi connectivity index (χ0n) is 14.4. The molecule has 0 saturated carbocycles. The molecular weight excluding hydrogens is 292 g/mol. The molecule has 4 heteroatoms. The second-order valence-electron chi connectivity index (χ2n) is 5.65. The number of rotatable bonds is 7. The van der Waals surface area contributed by atoms with Gasteiger partial charge in [-0.05, 0) is 52.7 Å². The SMILES string of the molecule is COc1ccc(C(C)=O)c(OC(=O)/C=C(\C)CCC=C(C)C)c1. The van der Waals surface area contributed by atoms with Gasteiger partial charge in [-0.2, -0.15) is 0 Å². The molecule has 0 aliphatic rings. The first-order valence-electron chi connectivity index (χ1n) is 7.54. The number of ether oxygens (including phenoxy) is 2. The van der Waals surface area contributed by atoms with Crippen molar-refractivity contribution in [3.63, 3.8) is 0 Å². The van der Waals surface area contributed by atoms with E-state index in [1.807, 2.05) is 20.8 Å². The Hall–Kier alpha value is -2.36. The van der Waals surface area contributed by atoms with Crippen LogP contribution in [0, 0.1) is 0 Å². The van der Waals surface area contributed by atoms with Gasteiger partial charge in [0.05, 0.1) is 12.7 Å². The smallest absolute Gasteiger partial charge is 0.336 e. The molecule has 0 saturated heterocycles. The van der Waals surface area contributed by atoms with E-state index in [-0.39, 0.29) is 11.5 Å². The van der Waals surface area contributed by atoms with Crippen LogP contribution in [0.4, 0.5) is 0 Å². The number of carbonyl (C=O) groups excluding carboxylic acids is 2. The molecular formula is C19H24O4. The molecule has 0 aliphatic heterocycles. The van der Waals surface area contributed by atoms with Gasteiger partial charge in [-0.3, -0.25) is 4.79 Å². The van der Waals surface area contributed by atoms with E-state index in [9.17, 15) is 9.59 Å². The molecule has 124 valence electrons. The normalized spacial score (nSPS) is 10.9. The lowest BCUT2D eigenvalue weighted by Crippen LogP contribution is -2.08. The van der Waals surface area contributed by atoms with Gasteiger partial charge in [0.25, 0.3) is 0 Å². The molecule has 0 aliphatic carbocycles. The Morgan fingerprint density at radius 1 is 1.13 bits per heavy atom. The van der Waals surface area contributed by atoms with Crippen molar-refractivity contribution in [2.75, 3.05) is 7.11 Å². The van der Waals surface area contributed by atoms with Crippen LogP contribution in [0.2, 0.25) is 0 Å². The molecule has 0 bridgehead atoms.